The third-order valence-corrected chi connectivity index (χ3v) is 5.11. The van der Waals surface area contributed by atoms with Gasteiger partial charge in [-0.2, -0.15) is 0 Å². The highest BCUT2D eigenvalue weighted by Crippen LogP contribution is 2.32. The fourth-order valence-electron chi connectivity index (χ4n) is 3.29. The van der Waals surface area contributed by atoms with Gasteiger partial charge in [-0.05, 0) is 56.7 Å². The molecule has 0 bridgehead atoms. The maximum Gasteiger partial charge on any atom is 0.263 e. The van der Waals surface area contributed by atoms with Gasteiger partial charge in [0.25, 0.3) is 5.91 Å². The normalized spacial score (nSPS) is 22.6. The quantitative estimate of drug-likeness (QED) is 0.607. The largest absolute Gasteiger partial charge is 0.454 e. The number of carbonyl (C=O) groups is 1. The fraction of sp³-hybridized carbons (Fsp3) is 0.579. The van der Waals surface area contributed by atoms with Crippen LogP contribution in [0.5, 0.6) is 11.5 Å². The van der Waals surface area contributed by atoms with Crippen LogP contribution < -0.4 is 9.47 Å². The summed E-state index contributed by atoms with van der Waals surface area (Å²) in [5.41, 5.74) is 1.58. The predicted octanol–water partition coefficient (Wildman–Crippen LogP) is 3.19. The molecular formula is C19H26N2O4. The minimum atomic E-state index is -0.0373. The van der Waals surface area contributed by atoms with Crippen LogP contribution in [-0.2, 0) is 9.63 Å². The van der Waals surface area contributed by atoms with Gasteiger partial charge >= 0.3 is 0 Å². The van der Waals surface area contributed by atoms with E-state index in [1.54, 1.807) is 0 Å². The number of likely N-dealkylation sites (N-methyl/N-ethyl adjacent to an activating group) is 1. The highest BCUT2D eigenvalue weighted by molar-refractivity contribution is 5.99. The Labute approximate surface area is 148 Å². The molecule has 1 heterocycles. The second-order valence-electron chi connectivity index (χ2n) is 6.94. The van der Waals surface area contributed by atoms with Crippen molar-refractivity contribution in [2.75, 3.05) is 20.4 Å². The average molecular weight is 346 g/mol. The van der Waals surface area contributed by atoms with Crippen LogP contribution in [0.25, 0.3) is 0 Å². The molecule has 0 saturated heterocycles. The number of nitrogens with zero attached hydrogens (tertiary/aromatic N) is 2. The Morgan fingerprint density at radius 1 is 1.24 bits per heavy atom. The summed E-state index contributed by atoms with van der Waals surface area (Å²) in [5, 5.41) is 4.07. The summed E-state index contributed by atoms with van der Waals surface area (Å²) in [6, 6.07) is 5.93. The van der Waals surface area contributed by atoms with Crippen molar-refractivity contribution in [2.24, 2.45) is 11.1 Å². The number of ether oxygens (including phenoxy) is 2. The van der Waals surface area contributed by atoms with Gasteiger partial charge in [0.05, 0.1) is 5.71 Å². The summed E-state index contributed by atoms with van der Waals surface area (Å²) in [4.78, 5) is 19.4. The summed E-state index contributed by atoms with van der Waals surface area (Å²) < 4.78 is 10.7. The van der Waals surface area contributed by atoms with E-state index < -0.39 is 0 Å². The van der Waals surface area contributed by atoms with Crippen LogP contribution in [0.15, 0.2) is 23.4 Å². The number of fused-ring (bicyclic) bond motifs is 1. The second-order valence-corrected chi connectivity index (χ2v) is 6.94. The fourth-order valence-corrected chi connectivity index (χ4v) is 3.29. The molecule has 0 unspecified atom stereocenters. The van der Waals surface area contributed by atoms with E-state index in [0.717, 1.165) is 30.1 Å². The maximum atomic E-state index is 12.3. The first-order chi connectivity index (χ1) is 12.0. The SMILES string of the molecule is C/C(=N\OCC(=O)N(C)C1CCC(C)CC1)c1ccc2c(c1)OCO2. The van der Waals surface area contributed by atoms with Crippen LogP contribution in [-0.4, -0.2) is 43.0 Å². The van der Waals surface area contributed by atoms with Gasteiger partial charge in [0, 0.05) is 18.7 Å². The van der Waals surface area contributed by atoms with Gasteiger partial charge < -0.3 is 19.2 Å². The first-order valence-corrected chi connectivity index (χ1v) is 8.87. The molecule has 1 fully saturated rings. The standard InChI is InChI=1S/C19H26N2O4/c1-13-4-7-16(8-5-13)21(3)19(22)11-25-20-14(2)15-6-9-17-18(10-15)24-12-23-17/h6,9-10,13,16H,4-5,7-8,11-12H2,1-3H3/b20-14+. The van der Waals surface area contributed by atoms with Crippen molar-refractivity contribution in [1.29, 1.82) is 0 Å². The lowest BCUT2D eigenvalue weighted by atomic mass is 9.87. The Hall–Kier alpha value is -2.24. The zero-order chi connectivity index (χ0) is 17.8. The van der Waals surface area contributed by atoms with Crippen molar-refractivity contribution >= 4 is 11.6 Å². The lowest BCUT2D eigenvalue weighted by Gasteiger charge is -2.33. The predicted molar refractivity (Wildman–Crippen MR) is 94.9 cm³/mol. The van der Waals surface area contributed by atoms with E-state index in [0.29, 0.717) is 17.5 Å². The van der Waals surface area contributed by atoms with E-state index >= 15 is 0 Å². The van der Waals surface area contributed by atoms with Crippen LogP contribution in [0.4, 0.5) is 0 Å². The van der Waals surface area contributed by atoms with E-state index in [1.165, 1.54) is 12.8 Å². The molecule has 0 spiro atoms. The Kier molecular flexibility index (Phi) is 5.46. The van der Waals surface area contributed by atoms with Crippen molar-refractivity contribution in [2.45, 2.75) is 45.6 Å². The molecule has 1 aliphatic heterocycles. The Bertz CT molecular complexity index is 651. The van der Waals surface area contributed by atoms with Crippen LogP contribution in [0, 0.1) is 5.92 Å². The van der Waals surface area contributed by atoms with E-state index in [2.05, 4.69) is 12.1 Å². The Morgan fingerprint density at radius 2 is 1.96 bits per heavy atom. The monoisotopic (exact) mass is 346 g/mol. The molecule has 1 aliphatic carbocycles. The van der Waals surface area contributed by atoms with Crippen molar-refractivity contribution in [3.05, 3.63) is 23.8 Å². The van der Waals surface area contributed by atoms with Crippen LogP contribution in [0.1, 0.15) is 45.1 Å². The molecule has 3 rings (SSSR count). The molecule has 0 N–H and O–H groups in total. The van der Waals surface area contributed by atoms with Crippen molar-refractivity contribution in [3.8, 4) is 11.5 Å². The molecule has 6 heteroatoms. The van der Waals surface area contributed by atoms with Gasteiger partial charge in [0.15, 0.2) is 18.1 Å². The van der Waals surface area contributed by atoms with E-state index in [1.807, 2.05) is 37.1 Å². The molecule has 1 saturated carbocycles. The molecule has 1 amide bonds. The van der Waals surface area contributed by atoms with Crippen molar-refractivity contribution in [3.63, 3.8) is 0 Å². The molecule has 1 aromatic carbocycles. The number of rotatable bonds is 5. The number of hydrogen-bond donors (Lipinski definition) is 0. The van der Waals surface area contributed by atoms with Crippen LogP contribution in [0.3, 0.4) is 0 Å². The zero-order valence-corrected chi connectivity index (χ0v) is 15.2. The number of carbonyl (C=O) groups excluding carboxylic acids is 1. The van der Waals surface area contributed by atoms with Crippen LogP contribution >= 0.6 is 0 Å². The first kappa shape index (κ1) is 17.6. The third-order valence-electron chi connectivity index (χ3n) is 5.11. The molecule has 6 nitrogen and oxygen atoms in total. The van der Waals surface area contributed by atoms with Crippen LogP contribution in [0.2, 0.25) is 0 Å². The number of benzene rings is 1. The van der Waals surface area contributed by atoms with E-state index in [4.69, 9.17) is 14.3 Å². The topological polar surface area (TPSA) is 60.4 Å². The molecule has 0 aromatic heterocycles. The van der Waals surface area contributed by atoms with Crippen molar-refractivity contribution in [1.82, 2.24) is 4.90 Å². The number of amides is 1. The van der Waals surface area contributed by atoms with Gasteiger partial charge in [-0.1, -0.05) is 12.1 Å². The lowest BCUT2D eigenvalue weighted by Crippen LogP contribution is -2.40. The minimum absolute atomic E-state index is 0.0261. The molecule has 1 aromatic rings. The number of oxime groups is 1. The van der Waals surface area contributed by atoms with E-state index in [-0.39, 0.29) is 19.3 Å². The first-order valence-electron chi connectivity index (χ1n) is 8.87. The lowest BCUT2D eigenvalue weighted by molar-refractivity contribution is -0.137. The van der Waals surface area contributed by atoms with Gasteiger partial charge in [0.2, 0.25) is 6.79 Å². The second kappa shape index (κ2) is 7.76. The van der Waals surface area contributed by atoms with Crippen molar-refractivity contribution < 1.29 is 19.1 Å². The summed E-state index contributed by atoms with van der Waals surface area (Å²) in [6.07, 6.45) is 4.51. The third kappa shape index (κ3) is 4.24. The molecule has 2 aliphatic rings. The molecule has 136 valence electrons. The summed E-state index contributed by atoms with van der Waals surface area (Å²) >= 11 is 0. The summed E-state index contributed by atoms with van der Waals surface area (Å²) in [7, 11) is 1.86. The zero-order valence-electron chi connectivity index (χ0n) is 15.2. The molecule has 0 atom stereocenters. The molecule has 0 radical (unpaired) electrons. The van der Waals surface area contributed by atoms with Gasteiger partial charge in [-0.15, -0.1) is 0 Å². The summed E-state index contributed by atoms with van der Waals surface area (Å²) in [6.45, 7) is 4.32. The van der Waals surface area contributed by atoms with Gasteiger partial charge in [0.1, 0.15) is 0 Å². The summed E-state index contributed by atoms with van der Waals surface area (Å²) in [5.74, 6) is 2.18. The molecule has 25 heavy (non-hydrogen) atoms. The minimum Gasteiger partial charge on any atom is -0.454 e. The highest BCUT2D eigenvalue weighted by Gasteiger charge is 2.25. The molecular weight excluding hydrogens is 320 g/mol. The van der Waals surface area contributed by atoms with Gasteiger partial charge in [-0.3, -0.25) is 4.79 Å². The van der Waals surface area contributed by atoms with E-state index in [9.17, 15) is 4.79 Å². The Morgan fingerprint density at radius 3 is 2.72 bits per heavy atom. The van der Waals surface area contributed by atoms with Gasteiger partial charge in [-0.25, -0.2) is 0 Å². The highest BCUT2D eigenvalue weighted by atomic mass is 16.7. The smallest absolute Gasteiger partial charge is 0.263 e. The maximum absolute atomic E-state index is 12.3. The Balaban J connectivity index is 1.50. The number of hydrogen-bond acceptors (Lipinski definition) is 5. The average Bonchev–Trinajstić information content (AvgIpc) is 3.09.